The molecule has 7 rings (SSSR count). The van der Waals surface area contributed by atoms with Crippen LogP contribution >= 0.6 is 0 Å². The Morgan fingerprint density at radius 3 is 1.33 bits per heavy atom. The van der Waals surface area contributed by atoms with Crippen molar-refractivity contribution >= 4 is 66.9 Å². The fraction of sp³-hybridized carbons (Fsp3) is 0.100. The van der Waals surface area contributed by atoms with E-state index in [0.717, 1.165) is 32.7 Å². The third-order valence-electron chi connectivity index (χ3n) is 8.53. The van der Waals surface area contributed by atoms with Crippen LogP contribution in [-0.2, 0) is 0 Å². The third-order valence-corrected chi connectivity index (χ3v) is 8.53. The molecule has 0 atom stereocenters. The Balaban J connectivity index is 1.15. The van der Waals surface area contributed by atoms with Gasteiger partial charge >= 0.3 is 0 Å². The van der Waals surface area contributed by atoms with Crippen molar-refractivity contribution < 1.29 is 20.4 Å². The number of aromatic hydroxyl groups is 4. The van der Waals surface area contributed by atoms with Crippen LogP contribution in [0.5, 0.6) is 23.0 Å². The van der Waals surface area contributed by atoms with Crippen molar-refractivity contribution in [2.24, 2.45) is 9.98 Å². The fourth-order valence-electron chi connectivity index (χ4n) is 6.26. The van der Waals surface area contributed by atoms with Gasteiger partial charge in [-0.15, -0.1) is 0 Å². The van der Waals surface area contributed by atoms with E-state index in [0.29, 0.717) is 48.3 Å². The lowest BCUT2D eigenvalue weighted by Gasteiger charge is -2.19. The van der Waals surface area contributed by atoms with Crippen molar-refractivity contribution in [1.82, 2.24) is 0 Å². The molecule has 48 heavy (non-hydrogen) atoms. The normalized spacial score (nSPS) is 11.8. The van der Waals surface area contributed by atoms with Crippen molar-refractivity contribution in [3.63, 3.8) is 0 Å². The number of aliphatic imine (C=N–C) groups is 2. The predicted molar refractivity (Wildman–Crippen MR) is 198 cm³/mol. The van der Waals surface area contributed by atoms with E-state index in [-0.39, 0.29) is 33.8 Å². The summed E-state index contributed by atoms with van der Waals surface area (Å²) in [6.07, 6.45) is 3.71. The first kappa shape index (κ1) is 30.4. The summed E-state index contributed by atoms with van der Waals surface area (Å²) in [5.41, 5.74) is 3.14. The van der Waals surface area contributed by atoms with Gasteiger partial charge in [0.25, 0.3) is 0 Å². The van der Waals surface area contributed by atoms with Gasteiger partial charge in [0.15, 0.2) is 0 Å². The zero-order valence-corrected chi connectivity index (χ0v) is 26.1. The summed E-state index contributed by atoms with van der Waals surface area (Å²) in [5.74, 6) is -1.04. The predicted octanol–water partition coefficient (Wildman–Crippen LogP) is 8.18. The molecule has 0 radical (unpaired) electrons. The molecule has 0 bridgehead atoms. The summed E-state index contributed by atoms with van der Waals surface area (Å²) in [6.45, 7) is 1.78. The Morgan fingerprint density at radius 1 is 0.458 bits per heavy atom. The van der Waals surface area contributed by atoms with Gasteiger partial charge in [-0.2, -0.15) is 0 Å². The fourth-order valence-corrected chi connectivity index (χ4v) is 6.26. The van der Waals surface area contributed by atoms with E-state index in [1.807, 2.05) is 73.1 Å². The van der Waals surface area contributed by atoms with Crippen LogP contribution in [0.3, 0.4) is 0 Å². The van der Waals surface area contributed by atoms with Crippen LogP contribution in [0.2, 0.25) is 0 Å². The van der Waals surface area contributed by atoms with E-state index >= 15 is 0 Å². The molecule has 0 fully saturated rings. The molecule has 0 amide bonds. The molecule has 0 spiro atoms. The molecule has 8 heteroatoms. The zero-order valence-electron chi connectivity index (χ0n) is 26.1. The van der Waals surface area contributed by atoms with E-state index in [2.05, 4.69) is 57.0 Å². The summed E-state index contributed by atoms with van der Waals surface area (Å²) in [5, 5.41) is 56.1. The zero-order chi connectivity index (χ0) is 33.0. The number of hydrogen-bond donors (Lipinski definition) is 6. The maximum Gasteiger partial charge on any atom is 0.137 e. The number of fused-ring (bicyclic) bond motifs is 4. The highest BCUT2D eigenvalue weighted by molar-refractivity contribution is 6.21. The lowest BCUT2D eigenvalue weighted by molar-refractivity contribution is 0.451. The Kier molecular flexibility index (Phi) is 8.36. The molecule has 0 aromatic heterocycles. The second kappa shape index (κ2) is 13.2. The van der Waals surface area contributed by atoms with Crippen molar-refractivity contribution in [2.45, 2.75) is 0 Å². The molecule has 0 aliphatic rings. The van der Waals surface area contributed by atoms with Crippen LogP contribution in [0, 0.1) is 0 Å². The molecule has 0 aliphatic heterocycles. The van der Waals surface area contributed by atoms with Crippen LogP contribution < -0.4 is 10.6 Å². The second-order valence-electron chi connectivity index (χ2n) is 11.5. The number of phenols is 4. The summed E-state index contributed by atoms with van der Waals surface area (Å²) in [7, 11) is 0. The molecule has 0 aliphatic carbocycles. The average molecular weight is 635 g/mol. The summed E-state index contributed by atoms with van der Waals surface area (Å²) >= 11 is 0. The highest BCUT2D eigenvalue weighted by atomic mass is 16.3. The number of phenolic OH excluding ortho intramolecular Hbond substituents is 4. The number of anilines is 2. The standard InChI is InChI=1S/C40H34N4O4/c45-33-17-18-34(46)38-37(33)39(47)35-31(43-21-19-41-23-27-11-5-9-25-7-1-3-13-29(25)27)15-16-32(36(35)40(38)48)44-22-20-42-24-28-12-6-10-26-8-2-4-14-30(26)28/h1-18,23-24,43-48H,19-22H2. The Labute approximate surface area is 277 Å². The van der Waals surface area contributed by atoms with E-state index < -0.39 is 0 Å². The Bertz CT molecular complexity index is 2190. The lowest BCUT2D eigenvalue weighted by atomic mass is 9.96. The van der Waals surface area contributed by atoms with Crippen molar-refractivity contribution in [2.75, 3.05) is 36.8 Å². The number of benzene rings is 7. The molecule has 8 nitrogen and oxygen atoms in total. The van der Waals surface area contributed by atoms with Gasteiger partial charge in [-0.3, -0.25) is 9.98 Å². The monoisotopic (exact) mass is 634 g/mol. The largest absolute Gasteiger partial charge is 0.507 e. The number of hydrogen-bond acceptors (Lipinski definition) is 8. The van der Waals surface area contributed by atoms with Gasteiger partial charge in [0, 0.05) is 48.0 Å². The molecule has 6 N–H and O–H groups in total. The minimum Gasteiger partial charge on any atom is -0.507 e. The quantitative estimate of drug-likeness (QED) is 0.0390. The molecular weight excluding hydrogens is 600 g/mol. The van der Waals surface area contributed by atoms with E-state index in [1.165, 1.54) is 12.1 Å². The van der Waals surface area contributed by atoms with Crippen LogP contribution in [0.1, 0.15) is 11.1 Å². The molecule has 7 aromatic rings. The summed E-state index contributed by atoms with van der Waals surface area (Å²) < 4.78 is 0. The minimum absolute atomic E-state index is 0.0335. The van der Waals surface area contributed by atoms with E-state index in [4.69, 9.17) is 0 Å². The average Bonchev–Trinajstić information content (AvgIpc) is 3.11. The molecular formula is C40H34N4O4. The van der Waals surface area contributed by atoms with Gasteiger partial charge < -0.3 is 31.1 Å². The van der Waals surface area contributed by atoms with Crippen LogP contribution in [0.25, 0.3) is 43.1 Å². The highest BCUT2D eigenvalue weighted by Crippen LogP contribution is 2.52. The van der Waals surface area contributed by atoms with Crippen LogP contribution in [-0.4, -0.2) is 59.0 Å². The molecule has 238 valence electrons. The summed E-state index contributed by atoms with van der Waals surface area (Å²) in [6, 6.07) is 34.7. The third kappa shape index (κ3) is 5.76. The van der Waals surface area contributed by atoms with Gasteiger partial charge in [0.2, 0.25) is 0 Å². The van der Waals surface area contributed by atoms with E-state index in [9.17, 15) is 20.4 Å². The Morgan fingerprint density at radius 2 is 0.875 bits per heavy atom. The topological polar surface area (TPSA) is 130 Å². The minimum atomic E-state index is -0.260. The van der Waals surface area contributed by atoms with Gasteiger partial charge in [0.1, 0.15) is 23.0 Å². The second-order valence-corrected chi connectivity index (χ2v) is 11.5. The number of nitrogens with one attached hydrogen (secondary N) is 2. The van der Waals surface area contributed by atoms with E-state index in [1.54, 1.807) is 0 Å². The van der Waals surface area contributed by atoms with Crippen molar-refractivity contribution in [1.29, 1.82) is 0 Å². The van der Waals surface area contributed by atoms with Crippen molar-refractivity contribution in [3.05, 3.63) is 120 Å². The Hall–Kier alpha value is -6.28. The van der Waals surface area contributed by atoms with Gasteiger partial charge in [-0.25, -0.2) is 0 Å². The van der Waals surface area contributed by atoms with Crippen LogP contribution in [0.15, 0.2) is 119 Å². The first-order valence-electron chi connectivity index (χ1n) is 15.8. The molecule has 0 unspecified atom stereocenters. The van der Waals surface area contributed by atoms with Crippen molar-refractivity contribution in [3.8, 4) is 23.0 Å². The van der Waals surface area contributed by atoms with Gasteiger partial charge in [-0.1, -0.05) is 84.9 Å². The number of nitrogens with zero attached hydrogens (tertiary/aromatic N) is 2. The number of rotatable bonds is 10. The lowest BCUT2D eigenvalue weighted by Crippen LogP contribution is -2.08. The smallest absolute Gasteiger partial charge is 0.137 e. The van der Waals surface area contributed by atoms with Gasteiger partial charge in [-0.05, 0) is 45.8 Å². The first-order valence-corrected chi connectivity index (χ1v) is 15.8. The highest BCUT2D eigenvalue weighted by Gasteiger charge is 2.23. The molecule has 0 heterocycles. The first-order chi connectivity index (χ1) is 23.5. The molecule has 0 saturated carbocycles. The molecule has 7 aromatic carbocycles. The SMILES string of the molecule is Oc1ccc(O)c2c(O)c3c(NCCN=Cc4cccc5ccccc45)ccc(NCCN=Cc4cccc5ccccc45)c3c(O)c12. The maximum atomic E-state index is 11.5. The maximum absolute atomic E-state index is 11.5. The van der Waals surface area contributed by atoms with Crippen LogP contribution in [0.4, 0.5) is 11.4 Å². The van der Waals surface area contributed by atoms with Gasteiger partial charge in [0.05, 0.1) is 34.6 Å². The summed E-state index contributed by atoms with van der Waals surface area (Å²) in [4.78, 5) is 9.24. The molecule has 0 saturated heterocycles.